The van der Waals surface area contributed by atoms with Crippen LogP contribution in [0.15, 0.2) is 24.3 Å². The maximum Gasteiger partial charge on any atom is 0.326 e. The number of hydrogen-bond donors (Lipinski definition) is 1. The van der Waals surface area contributed by atoms with Gasteiger partial charge < -0.3 is 10.0 Å². The van der Waals surface area contributed by atoms with Crippen LogP contribution in [0.25, 0.3) is 0 Å². The number of carbonyl (C=O) groups is 1. The average molecular weight is 217 g/mol. The van der Waals surface area contributed by atoms with Crippen LogP contribution in [0.3, 0.4) is 0 Å². The fourth-order valence-electron chi connectivity index (χ4n) is 3.08. The van der Waals surface area contributed by atoms with Crippen LogP contribution in [-0.4, -0.2) is 23.2 Å². The van der Waals surface area contributed by atoms with Crippen LogP contribution in [-0.2, 0) is 11.2 Å². The van der Waals surface area contributed by atoms with Gasteiger partial charge in [-0.05, 0) is 37.3 Å². The minimum absolute atomic E-state index is 0.317. The normalized spacial score (nSPS) is 27.4. The van der Waals surface area contributed by atoms with Gasteiger partial charge in [0.05, 0.1) is 0 Å². The summed E-state index contributed by atoms with van der Waals surface area (Å²) in [6, 6.07) is 8.29. The van der Waals surface area contributed by atoms with Gasteiger partial charge in [-0.3, -0.25) is 0 Å². The second-order valence-corrected chi connectivity index (χ2v) is 4.68. The fraction of sp³-hybridized carbons (Fsp3) is 0.462. The second-order valence-electron chi connectivity index (χ2n) is 4.68. The first-order valence-corrected chi connectivity index (χ1v) is 5.86. The van der Waals surface area contributed by atoms with Crippen molar-refractivity contribution in [3.8, 4) is 0 Å². The Balaban J connectivity index is 2.02. The van der Waals surface area contributed by atoms with Gasteiger partial charge in [-0.25, -0.2) is 4.79 Å². The molecule has 1 aromatic carbocycles. The Hall–Kier alpha value is -1.51. The lowest BCUT2D eigenvalue weighted by atomic mass is 9.96. The number of nitrogens with zero attached hydrogens (tertiary/aromatic N) is 1. The Labute approximate surface area is 94.7 Å². The van der Waals surface area contributed by atoms with E-state index < -0.39 is 5.97 Å². The van der Waals surface area contributed by atoms with E-state index in [9.17, 15) is 9.90 Å². The summed E-state index contributed by atoms with van der Waals surface area (Å²) in [6.07, 6.45) is 3.95. The fourth-order valence-corrected chi connectivity index (χ4v) is 3.08. The van der Waals surface area contributed by atoms with Crippen molar-refractivity contribution >= 4 is 11.7 Å². The number of benzene rings is 1. The monoisotopic (exact) mass is 217 g/mol. The lowest BCUT2D eigenvalue weighted by molar-refractivity contribution is -0.139. The number of para-hydroxylation sites is 1. The molecule has 2 aliphatic rings. The molecule has 0 bridgehead atoms. The Kier molecular flexibility index (Phi) is 2.13. The second kappa shape index (κ2) is 3.51. The average Bonchev–Trinajstić information content (AvgIpc) is 2.66. The topological polar surface area (TPSA) is 40.5 Å². The highest BCUT2D eigenvalue weighted by Gasteiger charge is 2.39. The van der Waals surface area contributed by atoms with Crippen molar-refractivity contribution in [2.75, 3.05) is 4.90 Å². The minimum Gasteiger partial charge on any atom is -0.480 e. The molecule has 0 aromatic heterocycles. The molecule has 3 nitrogen and oxygen atoms in total. The van der Waals surface area contributed by atoms with Gasteiger partial charge in [-0.2, -0.15) is 0 Å². The quantitative estimate of drug-likeness (QED) is 0.782. The van der Waals surface area contributed by atoms with Crippen LogP contribution in [0.5, 0.6) is 0 Å². The molecule has 2 aliphatic heterocycles. The van der Waals surface area contributed by atoms with E-state index in [-0.39, 0.29) is 6.04 Å². The molecule has 0 saturated carbocycles. The number of fused-ring (bicyclic) bond motifs is 3. The Bertz CT molecular complexity index is 430. The third-order valence-corrected chi connectivity index (χ3v) is 3.75. The van der Waals surface area contributed by atoms with Gasteiger partial charge in [-0.15, -0.1) is 0 Å². The standard InChI is InChI=1S/C13H15NO2/c15-13(16)12-7-3-5-10-8-9-4-1-2-6-11(9)14(10)12/h1-2,4,6,10,12H,3,5,7-8H2,(H,15,16). The molecule has 2 unspecified atom stereocenters. The predicted octanol–water partition coefficient (Wildman–Crippen LogP) is 2.05. The molecular formula is C13H15NO2. The zero-order valence-corrected chi connectivity index (χ0v) is 9.10. The van der Waals surface area contributed by atoms with Gasteiger partial charge in [0.1, 0.15) is 6.04 Å². The largest absolute Gasteiger partial charge is 0.480 e. The summed E-state index contributed by atoms with van der Waals surface area (Å²) in [7, 11) is 0. The molecule has 0 amide bonds. The number of carboxylic acids is 1. The van der Waals surface area contributed by atoms with Crippen molar-refractivity contribution in [3.63, 3.8) is 0 Å². The van der Waals surface area contributed by atoms with Gasteiger partial charge in [0.15, 0.2) is 0 Å². The van der Waals surface area contributed by atoms with E-state index in [1.165, 1.54) is 5.56 Å². The summed E-state index contributed by atoms with van der Waals surface area (Å²) in [5.41, 5.74) is 2.44. The summed E-state index contributed by atoms with van der Waals surface area (Å²) < 4.78 is 0. The maximum absolute atomic E-state index is 11.3. The highest BCUT2D eigenvalue weighted by Crippen LogP contribution is 2.39. The lowest BCUT2D eigenvalue weighted by Gasteiger charge is -2.37. The lowest BCUT2D eigenvalue weighted by Crippen LogP contribution is -2.48. The third-order valence-electron chi connectivity index (χ3n) is 3.75. The van der Waals surface area contributed by atoms with Crippen molar-refractivity contribution in [1.29, 1.82) is 0 Å². The number of aliphatic carboxylic acids is 1. The molecule has 0 aliphatic carbocycles. The van der Waals surface area contributed by atoms with Crippen LogP contribution in [0.2, 0.25) is 0 Å². The van der Waals surface area contributed by atoms with Gasteiger partial charge in [0.2, 0.25) is 0 Å². The van der Waals surface area contributed by atoms with Gasteiger partial charge in [-0.1, -0.05) is 18.2 Å². The minimum atomic E-state index is -0.679. The van der Waals surface area contributed by atoms with Crippen LogP contribution >= 0.6 is 0 Å². The zero-order valence-electron chi connectivity index (χ0n) is 9.10. The SMILES string of the molecule is O=C(O)C1CCCC2Cc3ccccc3N21. The van der Waals surface area contributed by atoms with E-state index >= 15 is 0 Å². The summed E-state index contributed by atoms with van der Waals surface area (Å²) in [5.74, 6) is -0.679. The smallest absolute Gasteiger partial charge is 0.326 e. The first-order chi connectivity index (χ1) is 7.77. The van der Waals surface area contributed by atoms with Crippen molar-refractivity contribution in [2.24, 2.45) is 0 Å². The summed E-state index contributed by atoms with van der Waals surface area (Å²) >= 11 is 0. The molecule has 16 heavy (non-hydrogen) atoms. The number of rotatable bonds is 1. The third kappa shape index (κ3) is 1.31. The highest BCUT2D eigenvalue weighted by atomic mass is 16.4. The molecule has 2 heterocycles. The van der Waals surface area contributed by atoms with Gasteiger partial charge >= 0.3 is 5.97 Å². The van der Waals surface area contributed by atoms with E-state index in [1.54, 1.807) is 0 Å². The van der Waals surface area contributed by atoms with Crippen LogP contribution < -0.4 is 4.90 Å². The van der Waals surface area contributed by atoms with E-state index in [2.05, 4.69) is 17.0 Å². The highest BCUT2D eigenvalue weighted by molar-refractivity contribution is 5.80. The van der Waals surface area contributed by atoms with Crippen LogP contribution in [0.4, 0.5) is 5.69 Å². The van der Waals surface area contributed by atoms with E-state index in [1.807, 2.05) is 12.1 Å². The molecule has 3 rings (SSSR count). The van der Waals surface area contributed by atoms with Crippen molar-refractivity contribution in [2.45, 2.75) is 37.8 Å². The molecule has 3 heteroatoms. The molecule has 0 radical (unpaired) electrons. The Morgan fingerprint density at radius 3 is 2.94 bits per heavy atom. The molecule has 1 fully saturated rings. The van der Waals surface area contributed by atoms with Gasteiger partial charge in [0.25, 0.3) is 0 Å². The molecule has 1 N–H and O–H groups in total. The Morgan fingerprint density at radius 2 is 2.12 bits per heavy atom. The molecule has 2 atom stereocenters. The molecule has 0 spiro atoms. The van der Waals surface area contributed by atoms with Crippen molar-refractivity contribution in [1.82, 2.24) is 0 Å². The predicted molar refractivity (Wildman–Crippen MR) is 61.7 cm³/mol. The number of hydrogen-bond acceptors (Lipinski definition) is 2. The summed E-state index contributed by atoms with van der Waals surface area (Å²) in [5, 5.41) is 9.27. The number of anilines is 1. The maximum atomic E-state index is 11.3. The van der Waals surface area contributed by atoms with E-state index in [4.69, 9.17) is 0 Å². The van der Waals surface area contributed by atoms with E-state index in [0.717, 1.165) is 31.4 Å². The summed E-state index contributed by atoms with van der Waals surface area (Å²) in [6.45, 7) is 0. The molecule has 1 saturated heterocycles. The first-order valence-electron chi connectivity index (χ1n) is 5.86. The Morgan fingerprint density at radius 1 is 1.31 bits per heavy atom. The van der Waals surface area contributed by atoms with Crippen molar-refractivity contribution < 1.29 is 9.90 Å². The van der Waals surface area contributed by atoms with Crippen molar-refractivity contribution in [3.05, 3.63) is 29.8 Å². The molecular weight excluding hydrogens is 202 g/mol. The molecule has 84 valence electrons. The van der Waals surface area contributed by atoms with Gasteiger partial charge in [0, 0.05) is 11.7 Å². The van der Waals surface area contributed by atoms with Crippen LogP contribution in [0, 0.1) is 0 Å². The number of piperidine rings is 1. The number of carboxylic acid groups (broad SMARTS) is 1. The first kappa shape index (κ1) is 9.70. The molecule has 1 aromatic rings. The van der Waals surface area contributed by atoms with E-state index in [0.29, 0.717) is 6.04 Å². The van der Waals surface area contributed by atoms with Crippen LogP contribution in [0.1, 0.15) is 24.8 Å². The zero-order chi connectivity index (χ0) is 11.1. The summed E-state index contributed by atoms with van der Waals surface area (Å²) in [4.78, 5) is 13.4.